The lowest BCUT2D eigenvalue weighted by molar-refractivity contribution is -0.106. The molecule has 4 rings (SSSR count). The zero-order valence-electron chi connectivity index (χ0n) is 20.4. The van der Waals surface area contributed by atoms with E-state index in [0.29, 0.717) is 0 Å². The minimum absolute atomic E-state index is 0.400. The quantitative estimate of drug-likeness (QED) is 0.0951. The molecule has 0 N–H and O–H groups in total. The van der Waals surface area contributed by atoms with Crippen LogP contribution in [0.4, 0.5) is 0 Å². The maximum Gasteiger partial charge on any atom is 0.183 e. The number of rotatable bonds is 10. The molecule has 0 saturated heterocycles. The van der Waals surface area contributed by atoms with E-state index in [1.165, 1.54) is 38.9 Å². The Bertz CT molecular complexity index is 1120. The van der Waals surface area contributed by atoms with Crippen LogP contribution >= 0.6 is 47.8 Å². The Morgan fingerprint density at radius 1 is 0.500 bits per heavy atom. The molecule has 0 amide bonds. The summed E-state index contributed by atoms with van der Waals surface area (Å²) in [7, 11) is 3.32. The summed E-state index contributed by atoms with van der Waals surface area (Å²) in [6.07, 6.45) is -0.400. The largest absolute Gasteiger partial charge is 0.352 e. The van der Waals surface area contributed by atoms with Crippen LogP contribution in [0.2, 0.25) is 0 Å². The Balaban J connectivity index is 2.02. The van der Waals surface area contributed by atoms with Crippen LogP contribution in [0.15, 0.2) is 97.1 Å². The SMILES string of the molecule is COC(OC)c1ccc(C(c2ccc(CBr)cc2)(c2ccc(CBr)cc2)c2ccc(CBr)cc2)cc1. The third kappa shape index (κ3) is 5.41. The summed E-state index contributed by atoms with van der Waals surface area (Å²) in [4.78, 5) is 0. The van der Waals surface area contributed by atoms with E-state index in [0.717, 1.165) is 21.6 Å². The minimum Gasteiger partial charge on any atom is -0.352 e. The van der Waals surface area contributed by atoms with Crippen molar-refractivity contribution in [2.75, 3.05) is 14.2 Å². The molecule has 0 bridgehead atoms. The molecule has 4 aromatic rings. The molecule has 0 spiro atoms. The molecule has 0 radical (unpaired) electrons. The molecule has 0 heterocycles. The molecule has 36 heavy (non-hydrogen) atoms. The van der Waals surface area contributed by atoms with E-state index in [1.807, 2.05) is 0 Å². The van der Waals surface area contributed by atoms with Gasteiger partial charge in [-0.05, 0) is 38.9 Å². The topological polar surface area (TPSA) is 18.5 Å². The van der Waals surface area contributed by atoms with Crippen molar-refractivity contribution in [3.05, 3.63) is 142 Å². The summed E-state index contributed by atoms with van der Waals surface area (Å²) >= 11 is 10.8. The maximum absolute atomic E-state index is 5.51. The van der Waals surface area contributed by atoms with Gasteiger partial charge in [-0.2, -0.15) is 0 Å². The minimum atomic E-state index is -0.505. The maximum atomic E-state index is 5.51. The molecule has 0 aliphatic rings. The van der Waals surface area contributed by atoms with Gasteiger partial charge in [-0.15, -0.1) is 0 Å². The first-order chi connectivity index (χ1) is 17.6. The number of hydrogen-bond donors (Lipinski definition) is 0. The molecule has 186 valence electrons. The van der Waals surface area contributed by atoms with Gasteiger partial charge in [-0.3, -0.25) is 0 Å². The first-order valence-corrected chi connectivity index (χ1v) is 15.1. The molecule has 0 fully saturated rings. The van der Waals surface area contributed by atoms with Crippen molar-refractivity contribution < 1.29 is 9.47 Å². The molecule has 0 saturated carbocycles. The molecular weight excluding hydrogens is 644 g/mol. The Hall–Kier alpha value is -1.76. The first kappa shape index (κ1) is 27.3. The van der Waals surface area contributed by atoms with E-state index in [4.69, 9.17) is 9.47 Å². The summed E-state index contributed by atoms with van der Waals surface area (Å²) in [5.41, 5.74) is 9.04. The molecule has 4 aromatic carbocycles. The third-order valence-corrected chi connectivity index (χ3v) is 8.61. The second-order valence-electron chi connectivity index (χ2n) is 8.67. The number of benzene rings is 4. The van der Waals surface area contributed by atoms with Gasteiger partial charge in [0.1, 0.15) is 0 Å². The van der Waals surface area contributed by atoms with E-state index in [1.54, 1.807) is 14.2 Å². The van der Waals surface area contributed by atoms with E-state index >= 15 is 0 Å². The molecular formula is C31H29Br3O2. The van der Waals surface area contributed by atoms with Gasteiger partial charge in [-0.25, -0.2) is 0 Å². The van der Waals surface area contributed by atoms with Crippen molar-refractivity contribution in [3.63, 3.8) is 0 Å². The highest BCUT2D eigenvalue weighted by Gasteiger charge is 2.38. The van der Waals surface area contributed by atoms with Crippen LogP contribution in [-0.4, -0.2) is 14.2 Å². The number of ether oxygens (including phenoxy) is 2. The zero-order valence-corrected chi connectivity index (χ0v) is 25.1. The fraction of sp³-hybridized carbons (Fsp3) is 0.226. The van der Waals surface area contributed by atoms with Gasteiger partial charge in [0.25, 0.3) is 0 Å². The predicted molar refractivity (Wildman–Crippen MR) is 159 cm³/mol. The van der Waals surface area contributed by atoms with Gasteiger partial charge in [0, 0.05) is 35.8 Å². The smallest absolute Gasteiger partial charge is 0.183 e. The highest BCUT2D eigenvalue weighted by Crippen LogP contribution is 2.46. The number of alkyl halides is 3. The summed E-state index contributed by atoms with van der Waals surface area (Å²) in [6, 6.07) is 35.4. The van der Waals surface area contributed by atoms with Crippen LogP contribution in [0.3, 0.4) is 0 Å². The first-order valence-electron chi connectivity index (χ1n) is 11.7. The van der Waals surface area contributed by atoms with E-state index in [9.17, 15) is 0 Å². The highest BCUT2D eigenvalue weighted by atomic mass is 79.9. The fourth-order valence-electron chi connectivity index (χ4n) is 4.79. The average molecular weight is 673 g/mol. The summed E-state index contributed by atoms with van der Waals surface area (Å²) in [5, 5.41) is 2.47. The van der Waals surface area contributed by atoms with Crippen LogP contribution in [0.25, 0.3) is 0 Å². The molecule has 0 aromatic heterocycles. The zero-order chi connectivity index (χ0) is 25.5. The molecule has 0 atom stereocenters. The summed E-state index contributed by atoms with van der Waals surface area (Å²) in [5.74, 6) is 0. The van der Waals surface area contributed by atoms with Crippen LogP contribution in [0.1, 0.15) is 50.8 Å². The van der Waals surface area contributed by atoms with Gasteiger partial charge in [0.05, 0.1) is 5.41 Å². The normalized spacial score (nSPS) is 11.7. The van der Waals surface area contributed by atoms with Crippen molar-refractivity contribution in [2.45, 2.75) is 27.7 Å². The Kier molecular flexibility index (Phi) is 9.59. The lowest BCUT2D eigenvalue weighted by Crippen LogP contribution is -2.31. The van der Waals surface area contributed by atoms with Crippen molar-refractivity contribution >= 4 is 47.8 Å². The van der Waals surface area contributed by atoms with Crippen LogP contribution in [-0.2, 0) is 30.9 Å². The Morgan fingerprint density at radius 3 is 1.03 bits per heavy atom. The van der Waals surface area contributed by atoms with E-state index in [-0.39, 0.29) is 0 Å². The van der Waals surface area contributed by atoms with Crippen molar-refractivity contribution in [3.8, 4) is 0 Å². The lowest BCUT2D eigenvalue weighted by atomic mass is 9.65. The fourth-order valence-corrected chi connectivity index (χ4v) is 5.91. The molecule has 0 unspecified atom stereocenters. The average Bonchev–Trinajstić information content (AvgIpc) is 2.96. The number of methoxy groups -OCH3 is 2. The van der Waals surface area contributed by atoms with Gasteiger partial charge in [0.2, 0.25) is 0 Å². The summed E-state index contributed by atoms with van der Waals surface area (Å²) < 4.78 is 11.0. The highest BCUT2D eigenvalue weighted by molar-refractivity contribution is 9.09. The second-order valence-corrected chi connectivity index (χ2v) is 10.3. The molecule has 0 aliphatic heterocycles. The number of hydrogen-bond acceptors (Lipinski definition) is 2. The van der Waals surface area contributed by atoms with Crippen LogP contribution in [0, 0.1) is 0 Å². The van der Waals surface area contributed by atoms with Crippen LogP contribution in [0.5, 0.6) is 0 Å². The van der Waals surface area contributed by atoms with Gasteiger partial charge in [-0.1, -0.05) is 145 Å². The third-order valence-electron chi connectivity index (χ3n) is 6.67. The van der Waals surface area contributed by atoms with E-state index in [2.05, 4.69) is 145 Å². The Morgan fingerprint density at radius 2 is 0.778 bits per heavy atom. The lowest BCUT2D eigenvalue weighted by Gasteiger charge is -2.37. The van der Waals surface area contributed by atoms with Gasteiger partial charge in [0.15, 0.2) is 6.29 Å². The van der Waals surface area contributed by atoms with Gasteiger partial charge >= 0.3 is 0 Å². The second kappa shape index (κ2) is 12.7. The predicted octanol–water partition coefficient (Wildman–Crippen LogP) is 9.05. The monoisotopic (exact) mass is 670 g/mol. The summed E-state index contributed by atoms with van der Waals surface area (Å²) in [6.45, 7) is 0. The van der Waals surface area contributed by atoms with Crippen molar-refractivity contribution in [2.24, 2.45) is 0 Å². The van der Waals surface area contributed by atoms with Gasteiger partial charge < -0.3 is 9.47 Å². The molecule has 5 heteroatoms. The standard InChI is InChI=1S/C31H29Br3O2/c1-35-30(36-2)25-9-17-29(18-10-25)31(26-11-3-22(19-32)4-12-26,27-13-5-23(20-33)6-14-27)28-15-7-24(21-34)8-16-28/h3-18,30H,19-21H2,1-2H3. The van der Waals surface area contributed by atoms with Crippen molar-refractivity contribution in [1.29, 1.82) is 0 Å². The van der Waals surface area contributed by atoms with Crippen LogP contribution < -0.4 is 0 Å². The number of halogens is 3. The van der Waals surface area contributed by atoms with Crippen molar-refractivity contribution in [1.82, 2.24) is 0 Å². The molecule has 0 aliphatic carbocycles. The molecule has 2 nitrogen and oxygen atoms in total. The Labute approximate surface area is 239 Å². The van der Waals surface area contributed by atoms with E-state index < -0.39 is 11.7 Å².